The fourth-order valence-corrected chi connectivity index (χ4v) is 4.37. The first-order valence-corrected chi connectivity index (χ1v) is 10.8. The molecule has 1 aromatic carbocycles. The van der Waals surface area contributed by atoms with Crippen LogP contribution in [-0.4, -0.2) is 73.1 Å². The number of hydrogen-bond donors (Lipinski definition) is 1. The fourth-order valence-electron chi connectivity index (χ4n) is 4.11. The van der Waals surface area contributed by atoms with Crippen LogP contribution in [-0.2, 0) is 14.3 Å². The topological polar surface area (TPSA) is 92.5 Å². The number of halogens is 1. The summed E-state index contributed by atoms with van der Waals surface area (Å²) in [5.74, 6) is -0.854. The predicted molar refractivity (Wildman–Crippen MR) is 118 cm³/mol. The van der Waals surface area contributed by atoms with Crippen molar-refractivity contribution in [2.24, 2.45) is 0 Å². The van der Waals surface area contributed by atoms with E-state index in [9.17, 15) is 14.7 Å². The molecule has 2 aliphatic rings. The van der Waals surface area contributed by atoms with E-state index in [0.717, 1.165) is 19.6 Å². The number of carbonyl (C=O) groups excluding carboxylic acids is 2. The van der Waals surface area contributed by atoms with Gasteiger partial charge in [-0.3, -0.25) is 14.5 Å². The zero-order valence-electron chi connectivity index (χ0n) is 17.8. The van der Waals surface area contributed by atoms with E-state index in [0.29, 0.717) is 43.3 Å². The van der Waals surface area contributed by atoms with Gasteiger partial charge in [0, 0.05) is 31.7 Å². The second kappa shape index (κ2) is 9.77. The van der Waals surface area contributed by atoms with E-state index >= 15 is 0 Å². The third kappa shape index (κ3) is 4.39. The molecule has 8 nitrogen and oxygen atoms in total. The van der Waals surface area contributed by atoms with Crippen molar-refractivity contribution in [1.29, 1.82) is 0 Å². The summed E-state index contributed by atoms with van der Waals surface area (Å²) in [5.41, 5.74) is 0.302. The normalized spacial score (nSPS) is 21.3. The van der Waals surface area contributed by atoms with Crippen molar-refractivity contribution in [3.8, 4) is 5.75 Å². The standard InChI is InChI=1S/C23H25ClN2O6/c1-30-17-6-5-15(14-16(17)24)21(27)19-20(18-4-2-11-32-18)26(23(29)22(19)28)8-3-7-25-9-12-31-13-10-25/h2,4-6,11,14,20,27H,3,7-10,12-13H2,1H3/b21-19+/t20-/m1/s1. The molecule has 2 saturated heterocycles. The van der Waals surface area contributed by atoms with Crippen molar-refractivity contribution in [3.05, 3.63) is 58.5 Å². The number of ketones is 1. The molecule has 0 unspecified atom stereocenters. The molecule has 3 heterocycles. The molecule has 1 N–H and O–H groups in total. The molecule has 170 valence electrons. The van der Waals surface area contributed by atoms with Crippen molar-refractivity contribution in [1.82, 2.24) is 9.80 Å². The zero-order chi connectivity index (χ0) is 22.7. The smallest absolute Gasteiger partial charge is 0.295 e. The minimum Gasteiger partial charge on any atom is -0.507 e. The molecule has 0 bridgehead atoms. The molecular weight excluding hydrogens is 436 g/mol. The van der Waals surface area contributed by atoms with Crippen molar-refractivity contribution in [3.63, 3.8) is 0 Å². The molecule has 2 aliphatic heterocycles. The van der Waals surface area contributed by atoms with Crippen LogP contribution in [0, 0.1) is 0 Å². The fraction of sp³-hybridized carbons (Fsp3) is 0.391. The summed E-state index contributed by atoms with van der Waals surface area (Å²) < 4.78 is 16.1. The van der Waals surface area contributed by atoms with Crippen LogP contribution in [0.3, 0.4) is 0 Å². The first kappa shape index (κ1) is 22.4. The minimum absolute atomic E-state index is 0.0162. The molecule has 0 aliphatic carbocycles. The van der Waals surface area contributed by atoms with E-state index in [1.165, 1.54) is 24.3 Å². The number of morpholine rings is 1. The van der Waals surface area contributed by atoms with Gasteiger partial charge in [0.25, 0.3) is 11.7 Å². The van der Waals surface area contributed by atoms with Gasteiger partial charge in [-0.1, -0.05) is 11.6 Å². The molecular formula is C23H25ClN2O6. The number of nitrogens with zero attached hydrogens (tertiary/aromatic N) is 2. The Hall–Kier alpha value is -2.81. The van der Waals surface area contributed by atoms with E-state index in [2.05, 4.69) is 4.90 Å². The summed E-state index contributed by atoms with van der Waals surface area (Å²) in [6.45, 7) is 4.22. The number of hydrogen-bond acceptors (Lipinski definition) is 7. The van der Waals surface area contributed by atoms with Gasteiger partial charge in [0.2, 0.25) is 0 Å². The van der Waals surface area contributed by atoms with Crippen molar-refractivity contribution >= 4 is 29.1 Å². The number of Topliss-reactive ketones (excluding diaryl/α,β-unsaturated/α-hetero) is 1. The lowest BCUT2D eigenvalue weighted by Crippen LogP contribution is -2.38. The Kier molecular flexibility index (Phi) is 6.83. The van der Waals surface area contributed by atoms with Crippen LogP contribution in [0.5, 0.6) is 5.75 Å². The van der Waals surface area contributed by atoms with Crippen molar-refractivity contribution in [2.75, 3.05) is 46.5 Å². The highest BCUT2D eigenvalue weighted by molar-refractivity contribution is 6.46. The summed E-state index contributed by atoms with van der Waals surface area (Å²) in [6.07, 6.45) is 2.16. The number of rotatable bonds is 7. The van der Waals surface area contributed by atoms with E-state index < -0.39 is 17.7 Å². The first-order chi connectivity index (χ1) is 15.5. The summed E-state index contributed by atoms with van der Waals surface area (Å²) in [7, 11) is 1.49. The first-order valence-electron chi connectivity index (χ1n) is 10.5. The molecule has 0 spiro atoms. The van der Waals surface area contributed by atoms with Gasteiger partial charge >= 0.3 is 0 Å². The average Bonchev–Trinajstić information content (AvgIpc) is 3.42. The van der Waals surface area contributed by atoms with Gasteiger partial charge < -0.3 is 23.9 Å². The quantitative estimate of drug-likeness (QED) is 0.385. The Morgan fingerprint density at radius 2 is 2.00 bits per heavy atom. The highest BCUT2D eigenvalue weighted by Crippen LogP contribution is 2.40. The van der Waals surface area contributed by atoms with E-state index in [-0.39, 0.29) is 16.4 Å². The molecule has 2 aromatic rings. The molecule has 9 heteroatoms. The lowest BCUT2D eigenvalue weighted by molar-refractivity contribution is -0.140. The number of aliphatic hydroxyl groups excluding tert-OH is 1. The van der Waals surface area contributed by atoms with Crippen LogP contribution in [0.2, 0.25) is 5.02 Å². The Labute approximate surface area is 190 Å². The van der Waals surface area contributed by atoms with Gasteiger partial charge in [0.05, 0.1) is 37.2 Å². The molecule has 0 radical (unpaired) electrons. The Morgan fingerprint density at radius 1 is 1.22 bits per heavy atom. The van der Waals surface area contributed by atoms with Gasteiger partial charge in [-0.05, 0) is 36.8 Å². The summed E-state index contributed by atoms with van der Waals surface area (Å²) in [5, 5.41) is 11.3. The maximum atomic E-state index is 13.0. The van der Waals surface area contributed by atoms with Crippen LogP contribution in [0.1, 0.15) is 23.8 Å². The number of ether oxygens (including phenoxy) is 2. The lowest BCUT2D eigenvalue weighted by Gasteiger charge is -2.28. The molecule has 2 fully saturated rings. The number of furan rings is 1. The van der Waals surface area contributed by atoms with Crippen molar-refractivity contribution < 1.29 is 28.6 Å². The largest absolute Gasteiger partial charge is 0.507 e. The highest BCUT2D eigenvalue weighted by Gasteiger charge is 2.47. The molecule has 1 aromatic heterocycles. The lowest BCUT2D eigenvalue weighted by atomic mass is 9.99. The third-order valence-corrected chi connectivity index (χ3v) is 6.05. The van der Waals surface area contributed by atoms with E-state index in [1.54, 1.807) is 24.3 Å². The van der Waals surface area contributed by atoms with Crippen molar-refractivity contribution in [2.45, 2.75) is 12.5 Å². The summed E-state index contributed by atoms with van der Waals surface area (Å²) >= 11 is 6.20. The summed E-state index contributed by atoms with van der Waals surface area (Å²) in [6, 6.07) is 7.26. The molecule has 4 rings (SSSR count). The van der Waals surface area contributed by atoms with Crippen LogP contribution in [0.4, 0.5) is 0 Å². The minimum atomic E-state index is -0.810. The van der Waals surface area contributed by atoms with Gasteiger partial charge in [-0.25, -0.2) is 0 Å². The van der Waals surface area contributed by atoms with Crippen LogP contribution in [0.15, 0.2) is 46.6 Å². The van der Waals surface area contributed by atoms with Crippen LogP contribution in [0.25, 0.3) is 5.76 Å². The number of benzene rings is 1. The molecule has 32 heavy (non-hydrogen) atoms. The number of amides is 1. The van der Waals surface area contributed by atoms with Crippen LogP contribution < -0.4 is 4.74 Å². The number of carbonyl (C=O) groups is 2. The molecule has 1 atom stereocenters. The second-order valence-electron chi connectivity index (χ2n) is 7.66. The van der Waals surface area contributed by atoms with Gasteiger partial charge in [0.1, 0.15) is 23.3 Å². The Morgan fingerprint density at radius 3 is 2.66 bits per heavy atom. The van der Waals surface area contributed by atoms with Gasteiger partial charge in [0.15, 0.2) is 0 Å². The summed E-state index contributed by atoms with van der Waals surface area (Å²) in [4.78, 5) is 29.6. The number of methoxy groups -OCH3 is 1. The van der Waals surface area contributed by atoms with E-state index in [4.69, 9.17) is 25.5 Å². The third-order valence-electron chi connectivity index (χ3n) is 5.75. The van der Waals surface area contributed by atoms with Gasteiger partial charge in [-0.2, -0.15) is 0 Å². The van der Waals surface area contributed by atoms with E-state index in [1.807, 2.05) is 0 Å². The van der Waals surface area contributed by atoms with Crippen LogP contribution >= 0.6 is 11.6 Å². The number of likely N-dealkylation sites (tertiary alicyclic amines) is 1. The highest BCUT2D eigenvalue weighted by atomic mass is 35.5. The van der Waals surface area contributed by atoms with Gasteiger partial charge in [-0.15, -0.1) is 0 Å². The SMILES string of the molecule is COc1ccc(/C(O)=C2\C(=O)C(=O)N(CCCN3CCOCC3)[C@@H]2c2ccco2)cc1Cl. The Bertz CT molecular complexity index is 1010. The monoisotopic (exact) mass is 460 g/mol. The maximum Gasteiger partial charge on any atom is 0.295 e. The predicted octanol–water partition coefficient (Wildman–Crippen LogP) is 3.09. The maximum absolute atomic E-state index is 13.0. The molecule has 0 saturated carbocycles. The second-order valence-corrected chi connectivity index (χ2v) is 8.07. The zero-order valence-corrected chi connectivity index (χ0v) is 18.5. The molecule has 1 amide bonds. The average molecular weight is 461 g/mol. The number of aliphatic hydroxyl groups is 1. The Balaban J connectivity index is 1.63.